The van der Waals surface area contributed by atoms with Gasteiger partial charge < -0.3 is 10.2 Å². The molecule has 0 bridgehead atoms. The van der Waals surface area contributed by atoms with Gasteiger partial charge in [0.1, 0.15) is 0 Å². The van der Waals surface area contributed by atoms with Crippen LogP contribution in [0.15, 0.2) is 24.5 Å². The molecule has 4 heteroatoms. The molecule has 1 aliphatic heterocycles. The van der Waals surface area contributed by atoms with E-state index in [0.29, 0.717) is 6.54 Å². The molecule has 1 aromatic heterocycles. The van der Waals surface area contributed by atoms with Gasteiger partial charge in [-0.2, -0.15) is 0 Å². The molecule has 0 radical (unpaired) electrons. The summed E-state index contributed by atoms with van der Waals surface area (Å²) >= 11 is 0. The predicted molar refractivity (Wildman–Crippen MR) is 48.0 cm³/mol. The average molecular weight is 177 g/mol. The number of pyridine rings is 1. The molecule has 0 aliphatic carbocycles. The standard InChI is InChI=1S/C9H11N3O/c13-9-11-4-5-12(9)7-8-2-1-3-10-6-8/h1-3,6H,4-5,7H2,(H,11,13). The first kappa shape index (κ1) is 8.04. The zero-order chi connectivity index (χ0) is 9.10. The third-order valence-electron chi connectivity index (χ3n) is 2.04. The maximum absolute atomic E-state index is 11.2. The first-order chi connectivity index (χ1) is 6.36. The summed E-state index contributed by atoms with van der Waals surface area (Å²) in [5.74, 6) is 0. The molecule has 1 aromatic rings. The van der Waals surface area contributed by atoms with Crippen molar-refractivity contribution < 1.29 is 4.79 Å². The number of aromatic nitrogens is 1. The van der Waals surface area contributed by atoms with E-state index in [1.807, 2.05) is 12.1 Å². The SMILES string of the molecule is O=C1NCCN1Cc1cccnc1. The number of urea groups is 1. The quantitative estimate of drug-likeness (QED) is 0.719. The first-order valence-electron chi connectivity index (χ1n) is 4.28. The summed E-state index contributed by atoms with van der Waals surface area (Å²) in [6, 6.07) is 3.87. The van der Waals surface area contributed by atoms with Crippen LogP contribution in [-0.4, -0.2) is 29.0 Å². The van der Waals surface area contributed by atoms with Crippen LogP contribution in [0.25, 0.3) is 0 Å². The van der Waals surface area contributed by atoms with Crippen molar-refractivity contribution in [1.29, 1.82) is 0 Å². The molecule has 1 saturated heterocycles. The summed E-state index contributed by atoms with van der Waals surface area (Å²) in [5, 5.41) is 2.76. The van der Waals surface area contributed by atoms with E-state index < -0.39 is 0 Å². The molecule has 0 aromatic carbocycles. The van der Waals surface area contributed by atoms with Crippen molar-refractivity contribution in [3.63, 3.8) is 0 Å². The van der Waals surface area contributed by atoms with Gasteiger partial charge in [0.25, 0.3) is 0 Å². The zero-order valence-electron chi connectivity index (χ0n) is 7.23. The van der Waals surface area contributed by atoms with Gasteiger partial charge in [-0.3, -0.25) is 4.98 Å². The van der Waals surface area contributed by atoms with Gasteiger partial charge in [-0.25, -0.2) is 4.79 Å². The highest BCUT2D eigenvalue weighted by Crippen LogP contribution is 2.05. The Morgan fingerprint density at radius 1 is 1.62 bits per heavy atom. The van der Waals surface area contributed by atoms with Gasteiger partial charge in [0, 0.05) is 32.0 Å². The molecular weight excluding hydrogens is 166 g/mol. The normalized spacial score (nSPS) is 16.0. The average Bonchev–Trinajstić information content (AvgIpc) is 2.54. The maximum Gasteiger partial charge on any atom is 0.317 e. The summed E-state index contributed by atoms with van der Waals surface area (Å²) in [4.78, 5) is 16.9. The van der Waals surface area contributed by atoms with Gasteiger partial charge in [-0.15, -0.1) is 0 Å². The lowest BCUT2D eigenvalue weighted by atomic mass is 10.3. The van der Waals surface area contributed by atoms with Crippen molar-refractivity contribution >= 4 is 6.03 Å². The molecule has 1 N–H and O–H groups in total. The van der Waals surface area contributed by atoms with Crippen molar-refractivity contribution in [2.24, 2.45) is 0 Å². The number of nitrogens with one attached hydrogen (secondary N) is 1. The summed E-state index contributed by atoms with van der Waals surface area (Å²) in [7, 11) is 0. The lowest BCUT2D eigenvalue weighted by Gasteiger charge is -2.12. The second-order valence-corrected chi connectivity index (χ2v) is 3.01. The molecule has 0 saturated carbocycles. The minimum atomic E-state index is 0.0175. The molecule has 13 heavy (non-hydrogen) atoms. The number of amides is 2. The Kier molecular flexibility index (Phi) is 2.12. The summed E-state index contributed by atoms with van der Waals surface area (Å²) in [6.45, 7) is 2.19. The summed E-state index contributed by atoms with van der Waals surface area (Å²) < 4.78 is 0. The number of nitrogens with zero attached hydrogens (tertiary/aromatic N) is 2. The Balaban J connectivity index is 2.02. The van der Waals surface area contributed by atoms with E-state index in [4.69, 9.17) is 0 Å². The van der Waals surface area contributed by atoms with Gasteiger partial charge in [-0.05, 0) is 11.6 Å². The summed E-state index contributed by atoms with van der Waals surface area (Å²) in [6.07, 6.45) is 3.51. The maximum atomic E-state index is 11.2. The largest absolute Gasteiger partial charge is 0.336 e. The third-order valence-corrected chi connectivity index (χ3v) is 2.04. The van der Waals surface area contributed by atoms with Crippen LogP contribution in [0.5, 0.6) is 0 Å². The van der Waals surface area contributed by atoms with Crippen molar-refractivity contribution in [2.75, 3.05) is 13.1 Å². The number of rotatable bonds is 2. The van der Waals surface area contributed by atoms with Crippen LogP contribution >= 0.6 is 0 Å². The highest BCUT2D eigenvalue weighted by atomic mass is 16.2. The van der Waals surface area contributed by atoms with Crippen LogP contribution in [0.2, 0.25) is 0 Å². The molecule has 2 rings (SSSR count). The van der Waals surface area contributed by atoms with Crippen LogP contribution in [0, 0.1) is 0 Å². The number of hydrogen-bond donors (Lipinski definition) is 1. The molecule has 1 fully saturated rings. The van der Waals surface area contributed by atoms with Crippen molar-refractivity contribution in [3.8, 4) is 0 Å². The topological polar surface area (TPSA) is 45.2 Å². The first-order valence-corrected chi connectivity index (χ1v) is 4.28. The molecule has 0 unspecified atom stereocenters. The zero-order valence-corrected chi connectivity index (χ0v) is 7.23. The third kappa shape index (κ3) is 1.77. The fraction of sp³-hybridized carbons (Fsp3) is 0.333. The fourth-order valence-corrected chi connectivity index (χ4v) is 1.37. The molecule has 2 amide bonds. The van der Waals surface area contributed by atoms with E-state index in [1.165, 1.54) is 0 Å². The smallest absolute Gasteiger partial charge is 0.317 e. The fourth-order valence-electron chi connectivity index (χ4n) is 1.37. The van der Waals surface area contributed by atoms with Crippen LogP contribution in [0.1, 0.15) is 5.56 Å². The van der Waals surface area contributed by atoms with Crippen LogP contribution in [0.4, 0.5) is 4.79 Å². The summed E-state index contributed by atoms with van der Waals surface area (Å²) in [5.41, 5.74) is 1.07. The number of carbonyl (C=O) groups excluding carboxylic acids is 1. The predicted octanol–water partition coefficient (Wildman–Crippen LogP) is 0.607. The van der Waals surface area contributed by atoms with Crippen molar-refractivity contribution in [2.45, 2.75) is 6.54 Å². The second-order valence-electron chi connectivity index (χ2n) is 3.01. The molecule has 68 valence electrons. The second kappa shape index (κ2) is 3.43. The lowest BCUT2D eigenvalue weighted by molar-refractivity contribution is 0.215. The molecule has 0 spiro atoms. The van der Waals surface area contributed by atoms with E-state index in [2.05, 4.69) is 10.3 Å². The van der Waals surface area contributed by atoms with Gasteiger partial charge in [0.05, 0.1) is 0 Å². The molecular formula is C9H11N3O. The Morgan fingerprint density at radius 3 is 3.15 bits per heavy atom. The lowest BCUT2D eigenvalue weighted by Crippen LogP contribution is -2.27. The van der Waals surface area contributed by atoms with E-state index in [9.17, 15) is 4.79 Å². The highest BCUT2D eigenvalue weighted by molar-refractivity contribution is 5.76. The minimum Gasteiger partial charge on any atom is -0.336 e. The highest BCUT2D eigenvalue weighted by Gasteiger charge is 2.18. The van der Waals surface area contributed by atoms with Gasteiger partial charge in [-0.1, -0.05) is 6.07 Å². The van der Waals surface area contributed by atoms with Gasteiger partial charge >= 0.3 is 6.03 Å². The number of carbonyl (C=O) groups is 1. The molecule has 2 heterocycles. The Labute approximate surface area is 76.6 Å². The van der Waals surface area contributed by atoms with Gasteiger partial charge in [0.15, 0.2) is 0 Å². The van der Waals surface area contributed by atoms with Crippen LogP contribution in [-0.2, 0) is 6.54 Å². The van der Waals surface area contributed by atoms with Crippen LogP contribution < -0.4 is 5.32 Å². The minimum absolute atomic E-state index is 0.0175. The molecule has 0 atom stereocenters. The monoisotopic (exact) mass is 177 g/mol. The van der Waals surface area contributed by atoms with Crippen LogP contribution in [0.3, 0.4) is 0 Å². The molecule has 4 nitrogen and oxygen atoms in total. The number of hydrogen-bond acceptors (Lipinski definition) is 2. The van der Waals surface area contributed by atoms with E-state index in [-0.39, 0.29) is 6.03 Å². The van der Waals surface area contributed by atoms with E-state index >= 15 is 0 Å². The van der Waals surface area contributed by atoms with Crippen molar-refractivity contribution in [1.82, 2.24) is 15.2 Å². The van der Waals surface area contributed by atoms with Gasteiger partial charge in [0.2, 0.25) is 0 Å². The Bertz CT molecular complexity index is 299. The van der Waals surface area contributed by atoms with E-state index in [1.54, 1.807) is 17.3 Å². The Hall–Kier alpha value is -1.58. The van der Waals surface area contributed by atoms with Crippen molar-refractivity contribution in [3.05, 3.63) is 30.1 Å². The Morgan fingerprint density at radius 2 is 2.54 bits per heavy atom. The van der Waals surface area contributed by atoms with E-state index in [0.717, 1.165) is 18.7 Å². The molecule has 1 aliphatic rings.